The number of pyridine rings is 1. The van der Waals surface area contributed by atoms with Gasteiger partial charge in [0.15, 0.2) is 0 Å². The summed E-state index contributed by atoms with van der Waals surface area (Å²) >= 11 is 0. The average Bonchev–Trinajstić information content (AvgIpc) is 3.19. The van der Waals surface area contributed by atoms with Gasteiger partial charge in [0.05, 0.1) is 0 Å². The number of aromatic nitrogens is 1. The molecule has 2 aliphatic heterocycles. The van der Waals surface area contributed by atoms with E-state index in [1.54, 1.807) is 0 Å². The molecule has 86 valence electrons. The summed E-state index contributed by atoms with van der Waals surface area (Å²) in [5.74, 6) is 0.926. The van der Waals surface area contributed by atoms with Crippen molar-refractivity contribution in [3.05, 3.63) is 53.7 Å². The van der Waals surface area contributed by atoms with Crippen LogP contribution in [0, 0.1) is 0 Å². The molecule has 5 rings (SSSR count). The van der Waals surface area contributed by atoms with Crippen LogP contribution in [0.5, 0.6) is 0 Å². The number of fused-ring (bicyclic) bond motifs is 2. The van der Waals surface area contributed by atoms with Gasteiger partial charge in [0.1, 0.15) is 5.82 Å². The lowest BCUT2D eigenvalue weighted by molar-refractivity contribution is 1.09. The second-order valence-electron chi connectivity index (χ2n) is 4.57. The van der Waals surface area contributed by atoms with E-state index in [2.05, 4.69) is 40.6 Å². The normalized spacial score (nSPS) is 14.6. The highest BCUT2D eigenvalue weighted by Gasteiger charge is 2.04. The summed E-state index contributed by atoms with van der Waals surface area (Å²) < 4.78 is 0. The van der Waals surface area contributed by atoms with Crippen LogP contribution in [0.25, 0.3) is 0 Å². The van der Waals surface area contributed by atoms with Gasteiger partial charge in [-0.3, -0.25) is 0 Å². The van der Waals surface area contributed by atoms with Crippen LogP contribution in [0.15, 0.2) is 42.5 Å². The van der Waals surface area contributed by atoms with Gasteiger partial charge in [-0.1, -0.05) is 37.5 Å². The molecule has 0 saturated heterocycles. The van der Waals surface area contributed by atoms with Crippen LogP contribution in [0.4, 0.5) is 11.5 Å². The molecule has 1 N–H and O–H groups in total. The summed E-state index contributed by atoms with van der Waals surface area (Å²) in [4.78, 5) is 4.50. The molecular weight excluding hydrogens is 208 g/mol. The van der Waals surface area contributed by atoms with Crippen LogP contribution in [0.3, 0.4) is 0 Å². The van der Waals surface area contributed by atoms with Crippen LogP contribution in [-0.4, -0.2) is 4.98 Å². The maximum atomic E-state index is 4.50. The lowest BCUT2D eigenvalue weighted by Crippen LogP contribution is -1.94. The minimum Gasteiger partial charge on any atom is -0.340 e. The van der Waals surface area contributed by atoms with E-state index in [0.29, 0.717) is 0 Å². The molecule has 4 bridgehead atoms. The van der Waals surface area contributed by atoms with Crippen molar-refractivity contribution < 1.29 is 0 Å². The SMILES string of the molecule is C1CC1.c1cc2nc(c1)Nc1ccc(cc1)C2. The highest BCUT2D eigenvalue weighted by atomic mass is 15.0. The molecule has 1 aromatic carbocycles. The molecule has 0 atom stereocenters. The minimum atomic E-state index is 0.912. The molecule has 3 aliphatic rings. The third-order valence-electron chi connectivity index (χ3n) is 2.77. The lowest BCUT2D eigenvalue weighted by atomic mass is 10.1. The van der Waals surface area contributed by atoms with E-state index in [1.807, 2.05) is 12.1 Å². The van der Waals surface area contributed by atoms with Crippen molar-refractivity contribution in [3.63, 3.8) is 0 Å². The quantitative estimate of drug-likeness (QED) is 0.626. The Labute approximate surface area is 102 Å². The summed E-state index contributed by atoms with van der Waals surface area (Å²) in [5.41, 5.74) is 3.52. The summed E-state index contributed by atoms with van der Waals surface area (Å²) in [6, 6.07) is 14.5. The molecule has 1 fully saturated rings. The largest absolute Gasteiger partial charge is 0.340 e. The van der Waals surface area contributed by atoms with Crippen molar-refractivity contribution in [2.75, 3.05) is 5.32 Å². The second kappa shape index (κ2) is 4.58. The lowest BCUT2D eigenvalue weighted by Gasteiger charge is -2.03. The monoisotopic (exact) mass is 224 g/mol. The number of hydrogen-bond acceptors (Lipinski definition) is 2. The van der Waals surface area contributed by atoms with Crippen molar-refractivity contribution in [2.45, 2.75) is 25.7 Å². The van der Waals surface area contributed by atoms with Gasteiger partial charge >= 0.3 is 0 Å². The Morgan fingerprint density at radius 1 is 0.882 bits per heavy atom. The Morgan fingerprint density at radius 3 is 2.35 bits per heavy atom. The molecule has 1 saturated carbocycles. The minimum absolute atomic E-state index is 0.912. The van der Waals surface area contributed by atoms with Gasteiger partial charge < -0.3 is 5.32 Å². The topological polar surface area (TPSA) is 24.9 Å². The molecular formula is C15H16N2. The molecule has 2 heteroatoms. The Kier molecular flexibility index (Phi) is 2.78. The first kappa shape index (κ1) is 10.3. The highest BCUT2D eigenvalue weighted by molar-refractivity contribution is 5.57. The van der Waals surface area contributed by atoms with Gasteiger partial charge in [0.2, 0.25) is 0 Å². The number of nitrogens with zero attached hydrogens (tertiary/aromatic N) is 1. The van der Waals surface area contributed by atoms with Crippen molar-refractivity contribution in [2.24, 2.45) is 0 Å². The van der Waals surface area contributed by atoms with Gasteiger partial charge in [-0.2, -0.15) is 0 Å². The number of nitrogens with one attached hydrogen (secondary N) is 1. The summed E-state index contributed by atoms with van der Waals surface area (Å²) in [7, 11) is 0. The number of hydrogen-bond donors (Lipinski definition) is 1. The Bertz CT molecular complexity index is 458. The molecule has 0 unspecified atom stereocenters. The molecule has 0 radical (unpaired) electrons. The summed E-state index contributed by atoms with van der Waals surface area (Å²) in [6.45, 7) is 0. The van der Waals surface area contributed by atoms with Gasteiger partial charge in [0.25, 0.3) is 0 Å². The van der Waals surface area contributed by atoms with Crippen molar-refractivity contribution in [1.29, 1.82) is 0 Å². The fourth-order valence-corrected chi connectivity index (χ4v) is 1.71. The highest BCUT2D eigenvalue weighted by Crippen LogP contribution is 2.20. The third kappa shape index (κ3) is 2.84. The molecule has 0 amide bonds. The van der Waals surface area contributed by atoms with E-state index < -0.39 is 0 Å². The van der Waals surface area contributed by atoms with E-state index in [4.69, 9.17) is 0 Å². The predicted molar refractivity (Wildman–Crippen MR) is 70.6 cm³/mol. The van der Waals surface area contributed by atoms with E-state index >= 15 is 0 Å². The van der Waals surface area contributed by atoms with Crippen molar-refractivity contribution in [1.82, 2.24) is 4.98 Å². The van der Waals surface area contributed by atoms with E-state index in [1.165, 1.54) is 24.8 Å². The van der Waals surface area contributed by atoms with E-state index in [-0.39, 0.29) is 0 Å². The van der Waals surface area contributed by atoms with Crippen LogP contribution < -0.4 is 5.32 Å². The maximum Gasteiger partial charge on any atom is 0.130 e. The molecule has 17 heavy (non-hydrogen) atoms. The Morgan fingerprint density at radius 2 is 1.65 bits per heavy atom. The van der Waals surface area contributed by atoms with Gasteiger partial charge in [-0.15, -0.1) is 0 Å². The summed E-state index contributed by atoms with van der Waals surface area (Å²) in [5, 5.41) is 3.27. The van der Waals surface area contributed by atoms with Crippen LogP contribution >= 0.6 is 0 Å². The molecule has 1 aromatic heterocycles. The molecule has 2 nitrogen and oxygen atoms in total. The first-order valence-electron chi connectivity index (χ1n) is 6.22. The molecule has 3 heterocycles. The first-order valence-corrected chi connectivity index (χ1v) is 6.22. The van der Waals surface area contributed by atoms with Crippen LogP contribution in [0.1, 0.15) is 30.5 Å². The molecule has 1 aliphatic carbocycles. The Hall–Kier alpha value is -1.83. The first-order chi connectivity index (χ1) is 8.40. The predicted octanol–water partition coefficient (Wildman–Crippen LogP) is 3.90. The fourth-order valence-electron chi connectivity index (χ4n) is 1.71. The van der Waals surface area contributed by atoms with Crippen LogP contribution in [0.2, 0.25) is 0 Å². The molecule has 0 spiro atoms. The second-order valence-corrected chi connectivity index (χ2v) is 4.57. The van der Waals surface area contributed by atoms with E-state index in [0.717, 1.165) is 23.6 Å². The zero-order chi connectivity index (χ0) is 11.5. The average molecular weight is 224 g/mol. The van der Waals surface area contributed by atoms with E-state index in [9.17, 15) is 0 Å². The molecule has 2 aromatic rings. The van der Waals surface area contributed by atoms with Gasteiger partial charge in [-0.05, 0) is 29.8 Å². The van der Waals surface area contributed by atoms with Gasteiger partial charge in [-0.25, -0.2) is 4.98 Å². The Balaban J connectivity index is 0.000000264. The third-order valence-corrected chi connectivity index (χ3v) is 2.77. The van der Waals surface area contributed by atoms with Crippen LogP contribution in [-0.2, 0) is 6.42 Å². The van der Waals surface area contributed by atoms with Crippen molar-refractivity contribution in [3.8, 4) is 0 Å². The van der Waals surface area contributed by atoms with Crippen molar-refractivity contribution >= 4 is 11.5 Å². The number of rotatable bonds is 0. The summed E-state index contributed by atoms with van der Waals surface area (Å²) in [6.07, 6.45) is 5.41. The number of benzene rings is 1. The van der Waals surface area contributed by atoms with Gasteiger partial charge in [0, 0.05) is 17.8 Å². The zero-order valence-corrected chi connectivity index (χ0v) is 9.82. The fraction of sp³-hybridized carbons (Fsp3) is 0.267. The zero-order valence-electron chi connectivity index (χ0n) is 9.82. The number of anilines is 2. The smallest absolute Gasteiger partial charge is 0.130 e. The standard InChI is InChI=1S/C12H10N2.C3H6/c1-2-11-8-9-4-6-10(7-5-9)13-12(3-1)14-11;1-2-3-1/h1-7H,8H2,(H,13,14);1-3H2. The maximum absolute atomic E-state index is 4.50.